The van der Waals surface area contributed by atoms with Gasteiger partial charge in [-0.3, -0.25) is 9.78 Å². The van der Waals surface area contributed by atoms with E-state index in [0.717, 1.165) is 37.2 Å². The highest BCUT2D eigenvalue weighted by Gasteiger charge is 2.23. The van der Waals surface area contributed by atoms with E-state index in [2.05, 4.69) is 11.1 Å². The Morgan fingerprint density at radius 1 is 1.29 bits per heavy atom. The summed E-state index contributed by atoms with van der Waals surface area (Å²) >= 11 is 0. The number of nitrogens with zero attached hydrogens (tertiary/aromatic N) is 2. The number of carbonyl (C=O) groups is 1. The van der Waals surface area contributed by atoms with Gasteiger partial charge < -0.3 is 10.6 Å². The summed E-state index contributed by atoms with van der Waals surface area (Å²) < 4.78 is 0. The fourth-order valence-electron chi connectivity index (χ4n) is 2.81. The number of hydrogen-bond donors (Lipinski definition) is 1. The monoisotopic (exact) mass is 281 g/mol. The lowest BCUT2D eigenvalue weighted by molar-refractivity contribution is 0.0987. The average Bonchev–Trinajstić information content (AvgIpc) is 2.69. The summed E-state index contributed by atoms with van der Waals surface area (Å²) in [6, 6.07) is 9.85. The summed E-state index contributed by atoms with van der Waals surface area (Å²) in [6.45, 7) is 2.59. The zero-order chi connectivity index (χ0) is 14.8. The van der Waals surface area contributed by atoms with Gasteiger partial charge in [-0.1, -0.05) is 18.2 Å². The van der Waals surface area contributed by atoms with E-state index < -0.39 is 0 Å². The van der Waals surface area contributed by atoms with Gasteiger partial charge in [-0.25, -0.2) is 0 Å². The van der Waals surface area contributed by atoms with Gasteiger partial charge in [0, 0.05) is 29.8 Å². The van der Waals surface area contributed by atoms with Crippen molar-refractivity contribution in [2.24, 2.45) is 0 Å². The molecule has 2 N–H and O–H groups in total. The van der Waals surface area contributed by atoms with Crippen LogP contribution >= 0.6 is 0 Å². The van der Waals surface area contributed by atoms with Crippen molar-refractivity contribution in [3.63, 3.8) is 0 Å². The molecule has 108 valence electrons. The molecular weight excluding hydrogens is 262 g/mol. The van der Waals surface area contributed by atoms with Crippen molar-refractivity contribution in [1.29, 1.82) is 0 Å². The number of benzene rings is 1. The first kappa shape index (κ1) is 13.6. The molecule has 0 saturated heterocycles. The third-order valence-electron chi connectivity index (χ3n) is 3.91. The van der Waals surface area contributed by atoms with E-state index in [1.165, 1.54) is 5.56 Å². The predicted octanol–water partition coefficient (Wildman–Crippen LogP) is 2.96. The molecule has 0 unspecified atom stereocenters. The Hall–Kier alpha value is -2.36. The summed E-state index contributed by atoms with van der Waals surface area (Å²) in [5.41, 5.74) is 10.0. The number of nitrogens with two attached hydrogens (primary N) is 1. The molecule has 0 bridgehead atoms. The van der Waals surface area contributed by atoms with Gasteiger partial charge in [-0.2, -0.15) is 0 Å². The minimum Gasteiger partial charge on any atom is -0.398 e. The number of aryl methyl sites for hydroxylation is 2. The van der Waals surface area contributed by atoms with Crippen molar-refractivity contribution < 1.29 is 4.79 Å². The molecule has 2 aromatic rings. The minimum absolute atomic E-state index is 0.0608. The van der Waals surface area contributed by atoms with Crippen LogP contribution in [0.25, 0.3) is 0 Å². The predicted molar refractivity (Wildman–Crippen MR) is 84.4 cm³/mol. The van der Waals surface area contributed by atoms with Crippen LogP contribution in [0.15, 0.2) is 36.5 Å². The maximum Gasteiger partial charge on any atom is 0.261 e. The second kappa shape index (κ2) is 5.56. The summed E-state index contributed by atoms with van der Waals surface area (Å²) in [5, 5.41) is 0. The first-order chi connectivity index (χ1) is 10.2. The van der Waals surface area contributed by atoms with Crippen LogP contribution in [0, 0.1) is 6.92 Å². The second-order valence-electron chi connectivity index (χ2n) is 5.46. The van der Waals surface area contributed by atoms with E-state index in [1.807, 2.05) is 30.0 Å². The van der Waals surface area contributed by atoms with Gasteiger partial charge in [-0.15, -0.1) is 0 Å². The number of anilines is 2. The molecule has 4 nitrogen and oxygen atoms in total. The lowest BCUT2D eigenvalue weighted by Crippen LogP contribution is -2.32. The van der Waals surface area contributed by atoms with Crippen LogP contribution in [0.4, 0.5) is 11.4 Å². The SMILES string of the molecule is Cc1cc(N)c(C(=O)N2CCCCc3ccccc32)cn1. The summed E-state index contributed by atoms with van der Waals surface area (Å²) in [4.78, 5) is 18.9. The van der Waals surface area contributed by atoms with Crippen molar-refractivity contribution in [3.05, 3.63) is 53.3 Å². The number of hydrogen-bond acceptors (Lipinski definition) is 3. The highest BCUT2D eigenvalue weighted by Crippen LogP contribution is 2.28. The van der Waals surface area contributed by atoms with Crippen molar-refractivity contribution in [2.75, 3.05) is 17.2 Å². The minimum atomic E-state index is -0.0608. The topological polar surface area (TPSA) is 59.2 Å². The standard InChI is InChI=1S/C17H19N3O/c1-12-10-15(18)14(11-19-12)17(21)20-9-5-4-7-13-6-2-3-8-16(13)20/h2-3,6,8,10-11H,4-5,7,9H2,1H3,(H2,18,19). The molecule has 0 saturated carbocycles. The van der Waals surface area contributed by atoms with Gasteiger partial charge in [0.05, 0.1) is 5.56 Å². The van der Waals surface area contributed by atoms with Crippen LogP contribution in [-0.4, -0.2) is 17.4 Å². The normalized spacial score (nSPS) is 14.4. The number of carbonyl (C=O) groups excluding carboxylic acids is 1. The van der Waals surface area contributed by atoms with Crippen molar-refractivity contribution >= 4 is 17.3 Å². The van der Waals surface area contributed by atoms with Gasteiger partial charge in [0.15, 0.2) is 0 Å². The molecule has 1 aromatic carbocycles. The first-order valence-electron chi connectivity index (χ1n) is 7.28. The summed E-state index contributed by atoms with van der Waals surface area (Å²) in [5.74, 6) is -0.0608. The van der Waals surface area contributed by atoms with Crippen LogP contribution in [0.1, 0.15) is 34.5 Å². The number of fused-ring (bicyclic) bond motifs is 1. The van der Waals surface area contributed by atoms with Crippen LogP contribution in [0.2, 0.25) is 0 Å². The fourth-order valence-corrected chi connectivity index (χ4v) is 2.81. The van der Waals surface area contributed by atoms with E-state index in [-0.39, 0.29) is 5.91 Å². The Morgan fingerprint density at radius 3 is 2.90 bits per heavy atom. The van der Waals surface area contributed by atoms with Gasteiger partial charge >= 0.3 is 0 Å². The Kier molecular flexibility index (Phi) is 3.60. The average molecular weight is 281 g/mol. The summed E-state index contributed by atoms with van der Waals surface area (Å²) in [7, 11) is 0. The van der Waals surface area contributed by atoms with Gasteiger partial charge in [0.25, 0.3) is 5.91 Å². The quantitative estimate of drug-likeness (QED) is 0.874. The van der Waals surface area contributed by atoms with E-state index in [4.69, 9.17) is 5.73 Å². The molecule has 4 heteroatoms. The third-order valence-corrected chi connectivity index (χ3v) is 3.91. The molecule has 2 heterocycles. The fraction of sp³-hybridized carbons (Fsp3) is 0.294. The van der Waals surface area contributed by atoms with Gasteiger partial charge in [0.2, 0.25) is 0 Å². The zero-order valence-electron chi connectivity index (χ0n) is 12.2. The Morgan fingerprint density at radius 2 is 2.10 bits per heavy atom. The number of amides is 1. The number of rotatable bonds is 1. The lowest BCUT2D eigenvalue weighted by Gasteiger charge is -2.23. The molecule has 0 atom stereocenters. The third kappa shape index (κ3) is 2.61. The molecule has 0 spiro atoms. The van der Waals surface area contributed by atoms with Gasteiger partial charge in [-0.05, 0) is 43.9 Å². The largest absolute Gasteiger partial charge is 0.398 e. The maximum atomic E-state index is 12.9. The molecule has 0 fully saturated rings. The van der Waals surface area contributed by atoms with E-state index >= 15 is 0 Å². The number of aromatic nitrogens is 1. The van der Waals surface area contributed by atoms with E-state index in [0.29, 0.717) is 11.3 Å². The van der Waals surface area contributed by atoms with Crippen LogP contribution in [0.3, 0.4) is 0 Å². The number of pyridine rings is 1. The highest BCUT2D eigenvalue weighted by atomic mass is 16.2. The number of nitrogen functional groups attached to an aromatic ring is 1. The summed E-state index contributed by atoms with van der Waals surface area (Å²) in [6.07, 6.45) is 4.70. The maximum absolute atomic E-state index is 12.9. The molecular formula is C17H19N3O. The molecule has 21 heavy (non-hydrogen) atoms. The first-order valence-corrected chi connectivity index (χ1v) is 7.28. The van der Waals surface area contributed by atoms with Crippen molar-refractivity contribution in [1.82, 2.24) is 4.98 Å². The van der Waals surface area contributed by atoms with E-state index in [9.17, 15) is 4.79 Å². The lowest BCUT2D eigenvalue weighted by atomic mass is 10.1. The van der Waals surface area contributed by atoms with Crippen molar-refractivity contribution in [2.45, 2.75) is 26.2 Å². The second-order valence-corrected chi connectivity index (χ2v) is 5.46. The molecule has 1 amide bonds. The molecule has 1 aliphatic rings. The zero-order valence-corrected chi connectivity index (χ0v) is 12.2. The molecule has 3 rings (SSSR count). The highest BCUT2D eigenvalue weighted by molar-refractivity contribution is 6.09. The van der Waals surface area contributed by atoms with Crippen LogP contribution < -0.4 is 10.6 Å². The van der Waals surface area contributed by atoms with Crippen LogP contribution in [-0.2, 0) is 6.42 Å². The van der Waals surface area contributed by atoms with Crippen molar-refractivity contribution in [3.8, 4) is 0 Å². The van der Waals surface area contributed by atoms with Crippen LogP contribution in [0.5, 0.6) is 0 Å². The van der Waals surface area contributed by atoms with E-state index in [1.54, 1.807) is 12.3 Å². The Labute approximate surface area is 124 Å². The molecule has 1 aromatic heterocycles. The molecule has 0 aliphatic carbocycles. The number of para-hydroxylation sites is 1. The molecule has 1 aliphatic heterocycles. The Balaban J connectivity index is 2.01. The van der Waals surface area contributed by atoms with Gasteiger partial charge in [0.1, 0.15) is 0 Å². The Bertz CT molecular complexity index is 681. The molecule has 0 radical (unpaired) electrons. The smallest absolute Gasteiger partial charge is 0.261 e.